The molecule has 0 bridgehead atoms. The molecule has 6 heteroatoms. The van der Waals surface area contributed by atoms with Gasteiger partial charge in [0, 0.05) is 45.2 Å². The SMILES string of the molecule is CC1CN(C(=O)N2CCCC(CCC(=O)O)C2)CCN1C. The number of carbonyl (C=O) groups excluding carboxylic acids is 1. The highest BCUT2D eigenvalue weighted by Gasteiger charge is 2.30. The molecule has 0 aromatic rings. The fourth-order valence-electron chi connectivity index (χ4n) is 3.22. The maximum atomic E-state index is 12.6. The number of hydrogen-bond acceptors (Lipinski definition) is 3. The molecule has 2 unspecified atom stereocenters. The van der Waals surface area contributed by atoms with E-state index in [0.717, 1.165) is 39.0 Å². The van der Waals surface area contributed by atoms with E-state index in [2.05, 4.69) is 18.9 Å². The van der Waals surface area contributed by atoms with Gasteiger partial charge in [-0.2, -0.15) is 0 Å². The second-order valence-corrected chi connectivity index (χ2v) is 6.44. The number of piperidine rings is 1. The minimum atomic E-state index is -0.744. The number of carbonyl (C=O) groups is 2. The Balaban J connectivity index is 1.85. The Bertz CT molecular complexity index is 388. The molecule has 0 aromatic carbocycles. The van der Waals surface area contributed by atoms with Crippen LogP contribution in [0.15, 0.2) is 0 Å². The second-order valence-electron chi connectivity index (χ2n) is 6.44. The first kappa shape index (κ1) is 16.1. The molecule has 6 nitrogen and oxygen atoms in total. The number of likely N-dealkylation sites (tertiary alicyclic amines) is 1. The summed E-state index contributed by atoms with van der Waals surface area (Å²) in [6, 6.07) is 0.533. The molecule has 2 saturated heterocycles. The minimum absolute atomic E-state index is 0.134. The normalized spacial score (nSPS) is 27.7. The highest BCUT2D eigenvalue weighted by Crippen LogP contribution is 2.22. The molecule has 0 radical (unpaired) electrons. The summed E-state index contributed by atoms with van der Waals surface area (Å²) in [5.74, 6) is -0.407. The highest BCUT2D eigenvalue weighted by molar-refractivity contribution is 5.74. The fraction of sp³-hybridized carbons (Fsp3) is 0.867. The van der Waals surface area contributed by atoms with Gasteiger partial charge in [-0.15, -0.1) is 0 Å². The van der Waals surface area contributed by atoms with Gasteiger partial charge in [-0.25, -0.2) is 4.79 Å². The third-order valence-corrected chi connectivity index (χ3v) is 4.79. The number of hydrogen-bond donors (Lipinski definition) is 1. The van der Waals surface area contributed by atoms with E-state index in [9.17, 15) is 9.59 Å². The van der Waals surface area contributed by atoms with E-state index < -0.39 is 5.97 Å². The Morgan fingerprint density at radius 3 is 2.52 bits per heavy atom. The Hall–Kier alpha value is -1.30. The van der Waals surface area contributed by atoms with Crippen molar-refractivity contribution in [1.82, 2.24) is 14.7 Å². The molecule has 0 saturated carbocycles. The van der Waals surface area contributed by atoms with Crippen molar-refractivity contribution in [3.05, 3.63) is 0 Å². The van der Waals surface area contributed by atoms with Crippen LogP contribution in [0.2, 0.25) is 0 Å². The number of amides is 2. The average molecular weight is 297 g/mol. The molecular weight excluding hydrogens is 270 g/mol. The van der Waals surface area contributed by atoms with Gasteiger partial charge in [-0.3, -0.25) is 4.79 Å². The van der Waals surface area contributed by atoms with Gasteiger partial charge in [-0.1, -0.05) is 0 Å². The first-order chi connectivity index (χ1) is 9.97. The van der Waals surface area contributed by atoms with Crippen LogP contribution in [0.1, 0.15) is 32.6 Å². The van der Waals surface area contributed by atoms with E-state index in [-0.39, 0.29) is 12.5 Å². The number of aliphatic carboxylic acids is 1. The lowest BCUT2D eigenvalue weighted by atomic mass is 9.93. The minimum Gasteiger partial charge on any atom is -0.481 e. The van der Waals surface area contributed by atoms with Gasteiger partial charge in [-0.05, 0) is 39.2 Å². The number of rotatable bonds is 3. The van der Waals surface area contributed by atoms with Gasteiger partial charge in [0.25, 0.3) is 0 Å². The van der Waals surface area contributed by atoms with Crippen molar-refractivity contribution in [3.8, 4) is 0 Å². The summed E-state index contributed by atoms with van der Waals surface area (Å²) in [6.45, 7) is 6.16. The molecule has 0 aromatic heterocycles. The first-order valence-electron chi connectivity index (χ1n) is 7.93. The van der Waals surface area contributed by atoms with E-state index in [1.165, 1.54) is 0 Å². The van der Waals surface area contributed by atoms with Gasteiger partial charge in [0.2, 0.25) is 0 Å². The van der Waals surface area contributed by atoms with Crippen molar-refractivity contribution in [2.75, 3.05) is 39.8 Å². The molecule has 2 heterocycles. The third-order valence-electron chi connectivity index (χ3n) is 4.79. The molecule has 120 valence electrons. The van der Waals surface area contributed by atoms with Crippen LogP contribution in [0.5, 0.6) is 0 Å². The van der Waals surface area contributed by atoms with Crippen LogP contribution in [0.25, 0.3) is 0 Å². The summed E-state index contributed by atoms with van der Waals surface area (Å²) in [7, 11) is 2.09. The molecule has 2 amide bonds. The van der Waals surface area contributed by atoms with Gasteiger partial charge < -0.3 is 19.8 Å². The quantitative estimate of drug-likeness (QED) is 0.853. The lowest BCUT2D eigenvalue weighted by Crippen LogP contribution is -2.56. The number of nitrogens with zero attached hydrogens (tertiary/aromatic N) is 3. The molecule has 2 fully saturated rings. The molecule has 0 spiro atoms. The van der Waals surface area contributed by atoms with E-state index >= 15 is 0 Å². The maximum Gasteiger partial charge on any atom is 0.320 e. The summed E-state index contributed by atoms with van der Waals surface area (Å²) >= 11 is 0. The van der Waals surface area contributed by atoms with E-state index in [4.69, 9.17) is 5.11 Å². The number of carboxylic acids is 1. The van der Waals surface area contributed by atoms with E-state index in [1.807, 2.05) is 9.80 Å². The van der Waals surface area contributed by atoms with Crippen molar-refractivity contribution in [1.29, 1.82) is 0 Å². The van der Waals surface area contributed by atoms with Gasteiger partial charge >= 0.3 is 12.0 Å². The second kappa shape index (κ2) is 7.11. The van der Waals surface area contributed by atoms with Crippen LogP contribution in [0, 0.1) is 5.92 Å². The maximum absolute atomic E-state index is 12.6. The molecule has 1 N–H and O–H groups in total. The van der Waals surface area contributed by atoms with Crippen molar-refractivity contribution in [2.24, 2.45) is 5.92 Å². The van der Waals surface area contributed by atoms with Gasteiger partial charge in [0.15, 0.2) is 0 Å². The summed E-state index contributed by atoms with van der Waals surface area (Å²) in [5.41, 5.74) is 0. The Kier molecular flexibility index (Phi) is 5.45. The number of urea groups is 1. The largest absolute Gasteiger partial charge is 0.481 e. The molecule has 2 aliphatic rings. The standard InChI is InChI=1S/C15H27N3O3/c1-12-10-18(9-8-16(12)2)15(21)17-7-3-4-13(11-17)5-6-14(19)20/h12-13H,3-11H2,1-2H3,(H,19,20). The average Bonchev–Trinajstić information content (AvgIpc) is 2.47. The molecule has 2 aliphatic heterocycles. The summed E-state index contributed by atoms with van der Waals surface area (Å²) in [6.07, 6.45) is 2.91. The van der Waals surface area contributed by atoms with Crippen LogP contribution in [0.4, 0.5) is 4.79 Å². The molecular formula is C15H27N3O3. The molecule has 2 atom stereocenters. The summed E-state index contributed by atoms with van der Waals surface area (Å²) in [5, 5.41) is 8.78. The molecule has 0 aliphatic carbocycles. The lowest BCUT2D eigenvalue weighted by molar-refractivity contribution is -0.137. The van der Waals surface area contributed by atoms with Crippen molar-refractivity contribution in [3.63, 3.8) is 0 Å². The zero-order chi connectivity index (χ0) is 15.4. The Labute approximate surface area is 126 Å². The Morgan fingerprint density at radius 2 is 1.86 bits per heavy atom. The van der Waals surface area contributed by atoms with Gasteiger partial charge in [0.05, 0.1) is 0 Å². The van der Waals surface area contributed by atoms with Crippen molar-refractivity contribution >= 4 is 12.0 Å². The smallest absolute Gasteiger partial charge is 0.320 e. The van der Waals surface area contributed by atoms with Crippen LogP contribution < -0.4 is 0 Å². The van der Waals surface area contributed by atoms with Crippen molar-refractivity contribution in [2.45, 2.75) is 38.6 Å². The zero-order valence-electron chi connectivity index (χ0n) is 13.1. The summed E-state index contributed by atoms with van der Waals surface area (Å²) in [4.78, 5) is 29.4. The first-order valence-corrected chi connectivity index (χ1v) is 7.93. The zero-order valence-corrected chi connectivity index (χ0v) is 13.1. The van der Waals surface area contributed by atoms with Crippen LogP contribution >= 0.6 is 0 Å². The Morgan fingerprint density at radius 1 is 1.14 bits per heavy atom. The van der Waals surface area contributed by atoms with Crippen LogP contribution in [-0.4, -0.2) is 77.6 Å². The van der Waals surface area contributed by atoms with E-state index in [1.54, 1.807) is 0 Å². The predicted octanol–water partition coefficient (Wildman–Crippen LogP) is 1.32. The lowest BCUT2D eigenvalue weighted by Gasteiger charge is -2.41. The fourth-order valence-corrected chi connectivity index (χ4v) is 3.22. The number of piperazine rings is 1. The van der Waals surface area contributed by atoms with Crippen LogP contribution in [-0.2, 0) is 4.79 Å². The summed E-state index contributed by atoms with van der Waals surface area (Å²) < 4.78 is 0. The highest BCUT2D eigenvalue weighted by atomic mass is 16.4. The van der Waals surface area contributed by atoms with Crippen molar-refractivity contribution < 1.29 is 14.7 Å². The topological polar surface area (TPSA) is 64.1 Å². The molecule has 2 rings (SSSR count). The van der Waals surface area contributed by atoms with Gasteiger partial charge in [0.1, 0.15) is 0 Å². The predicted molar refractivity (Wildman–Crippen MR) is 80.2 cm³/mol. The number of carboxylic acid groups (broad SMARTS) is 1. The van der Waals surface area contributed by atoms with E-state index in [0.29, 0.717) is 24.9 Å². The molecule has 21 heavy (non-hydrogen) atoms. The van der Waals surface area contributed by atoms with Crippen LogP contribution in [0.3, 0.4) is 0 Å². The third kappa shape index (κ3) is 4.33. The number of likely N-dealkylation sites (N-methyl/N-ethyl adjacent to an activating group) is 1. The monoisotopic (exact) mass is 297 g/mol.